The first-order valence-electron chi connectivity index (χ1n) is 8.76. The maximum absolute atomic E-state index is 11.8. The minimum atomic E-state index is -0.366. The Kier molecular flexibility index (Phi) is 6.16. The van der Waals surface area contributed by atoms with Crippen LogP contribution in [0, 0.1) is 0 Å². The molecule has 0 radical (unpaired) electrons. The molecule has 1 aliphatic heterocycles. The Hall–Kier alpha value is -2.06. The van der Waals surface area contributed by atoms with Gasteiger partial charge in [-0.15, -0.1) is 10.2 Å². The highest BCUT2D eigenvalue weighted by Crippen LogP contribution is 2.30. The molecule has 26 heavy (non-hydrogen) atoms. The average Bonchev–Trinajstić information content (AvgIpc) is 3.11. The molecule has 1 aromatic carbocycles. The highest BCUT2D eigenvalue weighted by molar-refractivity contribution is 8.00. The summed E-state index contributed by atoms with van der Waals surface area (Å²) in [6.45, 7) is 6.81. The van der Waals surface area contributed by atoms with E-state index in [0.717, 1.165) is 31.1 Å². The second-order valence-corrected chi connectivity index (χ2v) is 7.33. The van der Waals surface area contributed by atoms with Crippen molar-refractivity contribution in [3.8, 4) is 5.69 Å². The number of anilines is 1. The predicted molar refractivity (Wildman–Crippen MR) is 101 cm³/mol. The number of nitrogens with zero attached hydrogens (tertiary/aromatic N) is 4. The van der Waals surface area contributed by atoms with E-state index < -0.39 is 0 Å². The van der Waals surface area contributed by atoms with Crippen LogP contribution in [0.2, 0.25) is 0 Å². The number of ether oxygens (including phenoxy) is 2. The molecule has 0 saturated carbocycles. The lowest BCUT2D eigenvalue weighted by Gasteiger charge is -2.28. The number of benzene rings is 1. The van der Waals surface area contributed by atoms with Crippen molar-refractivity contribution >= 4 is 23.7 Å². The van der Waals surface area contributed by atoms with Gasteiger partial charge in [0.05, 0.1) is 26.0 Å². The van der Waals surface area contributed by atoms with Gasteiger partial charge in [-0.1, -0.05) is 30.8 Å². The Morgan fingerprint density at radius 2 is 2.12 bits per heavy atom. The normalized spacial score (nSPS) is 15.7. The van der Waals surface area contributed by atoms with Crippen molar-refractivity contribution in [1.29, 1.82) is 0 Å². The molecule has 0 aliphatic carbocycles. The van der Waals surface area contributed by atoms with Crippen LogP contribution in [-0.2, 0) is 20.7 Å². The molecule has 1 aromatic heterocycles. The Labute approximate surface area is 157 Å². The molecule has 2 heterocycles. The van der Waals surface area contributed by atoms with Crippen LogP contribution in [0.3, 0.4) is 0 Å². The third kappa shape index (κ3) is 4.02. The SMILES string of the molecule is CCc1cccc(-n2c(S[C@H](C)C(=O)OC)nnc2N2CCOCC2)c1. The van der Waals surface area contributed by atoms with Crippen LogP contribution in [0.4, 0.5) is 5.95 Å². The van der Waals surface area contributed by atoms with Gasteiger partial charge in [-0.3, -0.25) is 9.36 Å². The van der Waals surface area contributed by atoms with Gasteiger partial charge in [0, 0.05) is 13.1 Å². The Balaban J connectivity index is 2.01. The fourth-order valence-corrected chi connectivity index (χ4v) is 3.71. The molecule has 3 rings (SSSR count). The molecule has 140 valence electrons. The highest BCUT2D eigenvalue weighted by atomic mass is 32.2. The zero-order valence-electron chi connectivity index (χ0n) is 15.3. The van der Waals surface area contributed by atoms with Crippen LogP contribution < -0.4 is 4.90 Å². The zero-order valence-corrected chi connectivity index (χ0v) is 16.2. The van der Waals surface area contributed by atoms with E-state index in [1.807, 2.05) is 23.6 Å². The number of hydrogen-bond acceptors (Lipinski definition) is 7. The number of methoxy groups -OCH3 is 1. The smallest absolute Gasteiger partial charge is 0.318 e. The number of carbonyl (C=O) groups is 1. The lowest BCUT2D eigenvalue weighted by molar-refractivity contribution is -0.139. The summed E-state index contributed by atoms with van der Waals surface area (Å²) in [6, 6.07) is 8.32. The second kappa shape index (κ2) is 8.55. The minimum absolute atomic E-state index is 0.278. The van der Waals surface area contributed by atoms with Crippen LogP contribution >= 0.6 is 11.8 Å². The summed E-state index contributed by atoms with van der Waals surface area (Å²) in [5.41, 5.74) is 2.23. The van der Waals surface area contributed by atoms with Gasteiger partial charge in [-0.2, -0.15) is 0 Å². The van der Waals surface area contributed by atoms with Gasteiger partial charge in [0.2, 0.25) is 5.95 Å². The lowest BCUT2D eigenvalue weighted by atomic mass is 10.1. The van der Waals surface area contributed by atoms with Crippen LogP contribution in [0.15, 0.2) is 29.4 Å². The maximum Gasteiger partial charge on any atom is 0.318 e. The summed E-state index contributed by atoms with van der Waals surface area (Å²) in [5, 5.41) is 9.10. The monoisotopic (exact) mass is 376 g/mol. The quantitative estimate of drug-likeness (QED) is 0.566. The number of aromatic nitrogens is 3. The second-order valence-electron chi connectivity index (χ2n) is 6.02. The molecule has 8 heteroatoms. The molecule has 0 unspecified atom stereocenters. The van der Waals surface area contributed by atoms with Crippen molar-refractivity contribution in [1.82, 2.24) is 14.8 Å². The van der Waals surface area contributed by atoms with Crippen LogP contribution in [-0.4, -0.2) is 59.4 Å². The van der Waals surface area contributed by atoms with Crippen molar-refractivity contribution in [2.45, 2.75) is 30.7 Å². The standard InChI is InChI=1S/C18H24N4O3S/c1-4-14-6-5-7-15(12-14)22-17(21-8-10-25-11-9-21)19-20-18(22)26-13(2)16(23)24-3/h5-7,12-13H,4,8-11H2,1-3H3/t13-/m1/s1. The Bertz CT molecular complexity index is 759. The lowest BCUT2D eigenvalue weighted by Crippen LogP contribution is -2.37. The number of carbonyl (C=O) groups excluding carboxylic acids is 1. The number of thioether (sulfide) groups is 1. The number of hydrogen-bond donors (Lipinski definition) is 0. The summed E-state index contributed by atoms with van der Waals surface area (Å²) >= 11 is 1.35. The maximum atomic E-state index is 11.8. The van der Waals surface area contributed by atoms with Crippen LogP contribution in [0.1, 0.15) is 19.4 Å². The Morgan fingerprint density at radius 3 is 2.81 bits per heavy atom. The van der Waals surface area contributed by atoms with Gasteiger partial charge in [0.25, 0.3) is 0 Å². The predicted octanol–water partition coefficient (Wildman–Crippen LogP) is 2.32. The van der Waals surface area contributed by atoms with E-state index in [-0.39, 0.29) is 11.2 Å². The van der Waals surface area contributed by atoms with E-state index in [9.17, 15) is 4.79 Å². The van der Waals surface area contributed by atoms with E-state index in [1.165, 1.54) is 24.4 Å². The summed E-state index contributed by atoms with van der Waals surface area (Å²) in [7, 11) is 1.40. The largest absolute Gasteiger partial charge is 0.468 e. The summed E-state index contributed by atoms with van der Waals surface area (Å²) in [4.78, 5) is 14.0. The first-order valence-corrected chi connectivity index (χ1v) is 9.64. The van der Waals surface area contributed by atoms with Crippen LogP contribution in [0.25, 0.3) is 5.69 Å². The molecule has 2 aromatic rings. The van der Waals surface area contributed by atoms with Gasteiger partial charge in [-0.25, -0.2) is 0 Å². The van der Waals surface area contributed by atoms with Gasteiger partial charge >= 0.3 is 5.97 Å². The molecular formula is C18H24N4O3S. The van der Waals surface area contributed by atoms with E-state index in [2.05, 4.69) is 34.2 Å². The third-order valence-electron chi connectivity index (χ3n) is 4.30. The first-order chi connectivity index (χ1) is 12.6. The molecular weight excluding hydrogens is 352 g/mol. The fraction of sp³-hybridized carbons (Fsp3) is 0.500. The van der Waals surface area contributed by atoms with Gasteiger partial charge in [0.1, 0.15) is 5.25 Å². The van der Waals surface area contributed by atoms with E-state index >= 15 is 0 Å². The molecule has 0 bridgehead atoms. The van der Waals surface area contributed by atoms with Crippen molar-refractivity contribution < 1.29 is 14.3 Å². The molecule has 0 N–H and O–H groups in total. The fourth-order valence-electron chi connectivity index (χ4n) is 2.82. The minimum Gasteiger partial charge on any atom is -0.468 e. The van der Waals surface area contributed by atoms with E-state index in [1.54, 1.807) is 0 Å². The molecule has 0 spiro atoms. The molecule has 1 saturated heterocycles. The van der Waals surface area contributed by atoms with Gasteiger partial charge in [0.15, 0.2) is 5.16 Å². The number of rotatable bonds is 6. The van der Waals surface area contributed by atoms with E-state index in [4.69, 9.17) is 9.47 Å². The Morgan fingerprint density at radius 1 is 1.35 bits per heavy atom. The molecule has 7 nitrogen and oxygen atoms in total. The summed E-state index contributed by atoms with van der Waals surface area (Å²) in [6.07, 6.45) is 0.948. The highest BCUT2D eigenvalue weighted by Gasteiger charge is 2.25. The summed E-state index contributed by atoms with van der Waals surface area (Å²) < 4.78 is 12.3. The van der Waals surface area contributed by atoms with Crippen molar-refractivity contribution in [3.63, 3.8) is 0 Å². The van der Waals surface area contributed by atoms with Gasteiger partial charge < -0.3 is 14.4 Å². The topological polar surface area (TPSA) is 69.5 Å². The third-order valence-corrected chi connectivity index (χ3v) is 5.32. The number of morpholine rings is 1. The van der Waals surface area contributed by atoms with Crippen molar-refractivity contribution in [3.05, 3.63) is 29.8 Å². The molecule has 0 amide bonds. The zero-order chi connectivity index (χ0) is 18.5. The van der Waals surface area contributed by atoms with Crippen molar-refractivity contribution in [2.75, 3.05) is 38.3 Å². The molecule has 1 atom stereocenters. The number of esters is 1. The van der Waals surface area contributed by atoms with Crippen molar-refractivity contribution in [2.24, 2.45) is 0 Å². The van der Waals surface area contributed by atoms with Gasteiger partial charge in [-0.05, 0) is 31.0 Å². The summed E-state index contributed by atoms with van der Waals surface area (Å²) in [5.74, 6) is 0.501. The molecule has 1 aliphatic rings. The van der Waals surface area contributed by atoms with Crippen LogP contribution in [0.5, 0.6) is 0 Å². The number of aryl methyl sites for hydroxylation is 1. The van der Waals surface area contributed by atoms with E-state index in [0.29, 0.717) is 18.4 Å². The molecule has 1 fully saturated rings. The average molecular weight is 376 g/mol. The first kappa shape index (κ1) is 18.7.